The van der Waals surface area contributed by atoms with Gasteiger partial charge in [0.25, 0.3) is 0 Å². The zero-order valence-electron chi connectivity index (χ0n) is 19.1. The van der Waals surface area contributed by atoms with E-state index < -0.39 is 0 Å². The van der Waals surface area contributed by atoms with Gasteiger partial charge < -0.3 is 24.7 Å². The van der Waals surface area contributed by atoms with Crippen LogP contribution in [0.2, 0.25) is 0 Å². The minimum absolute atomic E-state index is 0.0971. The first-order valence-corrected chi connectivity index (χ1v) is 12.3. The van der Waals surface area contributed by atoms with Crippen molar-refractivity contribution in [2.45, 2.75) is 39.5 Å². The molecule has 2 aromatic carbocycles. The average Bonchev–Trinajstić information content (AvgIpc) is 2.79. The summed E-state index contributed by atoms with van der Waals surface area (Å²) in [6, 6.07) is 11.3. The minimum atomic E-state index is 0.0971. The molecule has 0 radical (unpaired) electrons. The molecule has 0 atom stereocenters. The molecule has 0 fully saturated rings. The number of nitrogens with zero attached hydrogens (tertiary/aromatic N) is 1. The number of hydrogen-bond donors (Lipinski definition) is 2. The van der Waals surface area contributed by atoms with Crippen molar-refractivity contribution < 1.29 is 18.9 Å². The van der Waals surface area contributed by atoms with Gasteiger partial charge in [-0.1, -0.05) is 26.2 Å². The fourth-order valence-corrected chi connectivity index (χ4v) is 3.52. The maximum Gasteiger partial charge on any atom is 0.184 e. The van der Waals surface area contributed by atoms with Gasteiger partial charge in [0.15, 0.2) is 16.6 Å². The molecule has 0 saturated carbocycles. The Morgan fingerprint density at radius 2 is 1.64 bits per heavy atom. The van der Waals surface area contributed by atoms with Crippen LogP contribution in [-0.4, -0.2) is 37.8 Å². The first-order valence-electron chi connectivity index (χ1n) is 11.1. The number of ether oxygens (including phenoxy) is 4. The number of halogens is 1. The molecule has 0 heterocycles. The van der Waals surface area contributed by atoms with Crippen LogP contribution in [0.4, 0.5) is 0 Å². The number of thiocarbonyl (C=S) groups is 1. The molecule has 0 aliphatic carbocycles. The van der Waals surface area contributed by atoms with Crippen molar-refractivity contribution in [3.63, 3.8) is 0 Å². The molecule has 0 unspecified atom stereocenters. The van der Waals surface area contributed by atoms with Gasteiger partial charge >= 0.3 is 0 Å². The Bertz CT molecular complexity index is 894. The van der Waals surface area contributed by atoms with Crippen LogP contribution < -0.4 is 30.1 Å². The van der Waals surface area contributed by atoms with Crippen LogP contribution in [0.25, 0.3) is 0 Å². The Hall–Kier alpha value is -2.52. The van der Waals surface area contributed by atoms with Gasteiger partial charge in [0.05, 0.1) is 23.9 Å². The highest BCUT2D eigenvalue weighted by Crippen LogP contribution is 2.36. The van der Waals surface area contributed by atoms with Crippen molar-refractivity contribution in [2.75, 3.05) is 26.4 Å². The third-order valence-electron chi connectivity index (χ3n) is 4.41. The minimum Gasteiger partial charge on any atom is -0.494 e. The Kier molecular flexibility index (Phi) is 12.4. The fraction of sp³-hybridized carbons (Fsp3) is 0.417. The van der Waals surface area contributed by atoms with E-state index >= 15 is 0 Å². The monoisotopic (exact) mass is 537 g/mol. The van der Waals surface area contributed by atoms with Crippen molar-refractivity contribution in [3.8, 4) is 23.0 Å². The highest BCUT2D eigenvalue weighted by atomic mass is 79.9. The van der Waals surface area contributed by atoms with Gasteiger partial charge in [-0.15, -0.1) is 0 Å². The van der Waals surface area contributed by atoms with E-state index in [1.807, 2.05) is 43.3 Å². The predicted molar refractivity (Wildman–Crippen MR) is 140 cm³/mol. The number of hydrazone groups is 1. The average molecular weight is 539 g/mol. The fourth-order valence-electron chi connectivity index (χ4n) is 2.89. The molecular weight excluding hydrogens is 506 g/mol. The van der Waals surface area contributed by atoms with E-state index in [-0.39, 0.29) is 5.11 Å². The molecular formula is C24H32BrN3O4S. The van der Waals surface area contributed by atoms with E-state index in [4.69, 9.17) is 36.9 Å². The summed E-state index contributed by atoms with van der Waals surface area (Å²) in [5.74, 6) is 2.82. The molecule has 33 heavy (non-hydrogen) atoms. The third-order valence-corrected chi connectivity index (χ3v) is 5.09. The number of benzene rings is 2. The summed E-state index contributed by atoms with van der Waals surface area (Å²) >= 11 is 8.27. The topological polar surface area (TPSA) is 87.3 Å². The molecule has 0 bridgehead atoms. The van der Waals surface area contributed by atoms with Crippen LogP contribution in [0.15, 0.2) is 46.0 Å². The first kappa shape index (κ1) is 26.7. The van der Waals surface area contributed by atoms with E-state index in [0.717, 1.165) is 34.6 Å². The molecule has 0 spiro atoms. The molecule has 180 valence electrons. The van der Waals surface area contributed by atoms with Crippen molar-refractivity contribution in [1.82, 2.24) is 5.43 Å². The second-order valence-corrected chi connectivity index (χ2v) is 8.37. The summed E-state index contributed by atoms with van der Waals surface area (Å²) in [5.41, 5.74) is 8.70. The lowest BCUT2D eigenvalue weighted by Gasteiger charge is -2.15. The lowest BCUT2D eigenvalue weighted by molar-refractivity contribution is 0.207. The number of nitrogens with one attached hydrogen (secondary N) is 1. The normalized spacial score (nSPS) is 10.8. The van der Waals surface area contributed by atoms with Crippen LogP contribution in [0.1, 0.15) is 45.1 Å². The highest BCUT2D eigenvalue weighted by molar-refractivity contribution is 9.10. The molecule has 2 aromatic rings. The first-order chi connectivity index (χ1) is 16.0. The van der Waals surface area contributed by atoms with Gasteiger partial charge in [0.1, 0.15) is 24.7 Å². The van der Waals surface area contributed by atoms with Crippen LogP contribution in [0.5, 0.6) is 23.0 Å². The van der Waals surface area contributed by atoms with E-state index in [0.29, 0.717) is 31.3 Å². The molecule has 2 rings (SSSR count). The molecule has 7 nitrogen and oxygen atoms in total. The quantitative estimate of drug-likeness (QED) is 0.135. The molecule has 0 aromatic heterocycles. The summed E-state index contributed by atoms with van der Waals surface area (Å²) in [6.45, 7) is 6.09. The van der Waals surface area contributed by atoms with E-state index in [2.05, 4.69) is 33.4 Å². The summed E-state index contributed by atoms with van der Waals surface area (Å²) < 4.78 is 23.9. The molecule has 0 aliphatic heterocycles. The molecule has 3 N–H and O–H groups in total. The van der Waals surface area contributed by atoms with Gasteiger partial charge in [-0.2, -0.15) is 5.10 Å². The van der Waals surface area contributed by atoms with Crippen LogP contribution in [0.3, 0.4) is 0 Å². The molecule has 0 aliphatic rings. The number of unbranched alkanes of at least 4 members (excludes halogenated alkanes) is 3. The van der Waals surface area contributed by atoms with Gasteiger partial charge in [-0.3, -0.25) is 5.43 Å². The maximum absolute atomic E-state index is 5.93. The second kappa shape index (κ2) is 15.3. The molecule has 9 heteroatoms. The van der Waals surface area contributed by atoms with Gasteiger partial charge in [-0.25, -0.2) is 0 Å². The standard InChI is InChI=1S/C24H32BrN3O4S/c1-3-5-6-7-12-30-19-8-10-20(11-9-19)31-13-14-32-23-21(25)15-18(16-22(23)29-4-2)17-27-28-24(26)33/h8-11,15-17H,3-7,12-14H2,1-2H3,(H3,26,28,33)/b27-17-. The van der Waals surface area contributed by atoms with Crippen molar-refractivity contribution in [1.29, 1.82) is 0 Å². The number of hydrogen-bond acceptors (Lipinski definition) is 6. The van der Waals surface area contributed by atoms with E-state index in [9.17, 15) is 0 Å². The predicted octanol–water partition coefficient (Wildman–Crippen LogP) is 5.43. The number of nitrogens with two attached hydrogens (primary N) is 1. The van der Waals surface area contributed by atoms with Crippen LogP contribution in [0, 0.1) is 0 Å². The van der Waals surface area contributed by atoms with Gasteiger partial charge in [-0.05, 0) is 83.5 Å². The molecule has 0 amide bonds. The van der Waals surface area contributed by atoms with Gasteiger partial charge in [0.2, 0.25) is 0 Å². The highest BCUT2D eigenvalue weighted by Gasteiger charge is 2.12. The Labute approximate surface area is 209 Å². The second-order valence-electron chi connectivity index (χ2n) is 7.07. The smallest absolute Gasteiger partial charge is 0.184 e. The lowest BCUT2D eigenvalue weighted by Crippen LogP contribution is -2.24. The van der Waals surface area contributed by atoms with Gasteiger partial charge in [0, 0.05) is 0 Å². The third kappa shape index (κ3) is 10.3. The summed E-state index contributed by atoms with van der Waals surface area (Å²) in [6.07, 6.45) is 6.35. The Morgan fingerprint density at radius 3 is 2.27 bits per heavy atom. The van der Waals surface area contributed by atoms with Crippen LogP contribution >= 0.6 is 28.1 Å². The maximum atomic E-state index is 5.93. The Morgan fingerprint density at radius 1 is 0.970 bits per heavy atom. The summed E-state index contributed by atoms with van der Waals surface area (Å²) in [4.78, 5) is 0. The Balaban J connectivity index is 1.84. The zero-order chi connectivity index (χ0) is 23.9. The van der Waals surface area contributed by atoms with E-state index in [1.54, 1.807) is 6.21 Å². The van der Waals surface area contributed by atoms with Crippen molar-refractivity contribution >= 4 is 39.5 Å². The summed E-state index contributed by atoms with van der Waals surface area (Å²) in [7, 11) is 0. The summed E-state index contributed by atoms with van der Waals surface area (Å²) in [5, 5.41) is 4.07. The zero-order valence-corrected chi connectivity index (χ0v) is 21.5. The molecule has 0 saturated heterocycles. The number of rotatable bonds is 15. The lowest BCUT2D eigenvalue weighted by atomic mass is 10.2. The van der Waals surface area contributed by atoms with Crippen LogP contribution in [-0.2, 0) is 0 Å². The largest absolute Gasteiger partial charge is 0.494 e. The van der Waals surface area contributed by atoms with E-state index in [1.165, 1.54) is 19.3 Å². The van der Waals surface area contributed by atoms with Crippen molar-refractivity contribution in [2.24, 2.45) is 10.8 Å². The van der Waals surface area contributed by atoms with Crippen molar-refractivity contribution in [3.05, 3.63) is 46.4 Å². The SMILES string of the molecule is CCCCCCOc1ccc(OCCOc2c(Br)cc(/C=N\NC(N)=S)cc2OCC)cc1.